The Bertz CT molecular complexity index is 525. The molecular formula is C19H28N2O3. The quantitative estimate of drug-likeness (QED) is 0.599. The summed E-state index contributed by atoms with van der Waals surface area (Å²) in [6.45, 7) is 4.70. The number of fused-ring (bicyclic) bond motifs is 1. The van der Waals surface area contributed by atoms with Crippen molar-refractivity contribution >= 4 is 17.7 Å². The normalized spacial score (nSPS) is 28.0. The van der Waals surface area contributed by atoms with Crippen LogP contribution in [0.5, 0.6) is 0 Å². The van der Waals surface area contributed by atoms with Crippen LogP contribution in [-0.4, -0.2) is 35.2 Å². The van der Waals surface area contributed by atoms with Crippen molar-refractivity contribution in [2.45, 2.75) is 58.4 Å². The second-order valence-electron chi connectivity index (χ2n) is 7.89. The maximum absolute atomic E-state index is 12.8. The van der Waals surface area contributed by atoms with Gasteiger partial charge < -0.3 is 5.32 Å². The van der Waals surface area contributed by atoms with Gasteiger partial charge in [0.25, 0.3) is 0 Å². The number of carbonyl (C=O) groups excluding carboxylic acids is 3. The van der Waals surface area contributed by atoms with Crippen LogP contribution < -0.4 is 5.32 Å². The van der Waals surface area contributed by atoms with E-state index in [-0.39, 0.29) is 35.5 Å². The summed E-state index contributed by atoms with van der Waals surface area (Å²) in [6, 6.07) is -0.657. The lowest BCUT2D eigenvalue weighted by Crippen LogP contribution is -2.51. The van der Waals surface area contributed by atoms with Crippen LogP contribution in [0.3, 0.4) is 0 Å². The van der Waals surface area contributed by atoms with Crippen LogP contribution in [0, 0.1) is 23.7 Å². The van der Waals surface area contributed by atoms with Gasteiger partial charge in [-0.3, -0.25) is 19.3 Å². The van der Waals surface area contributed by atoms with E-state index in [1.54, 1.807) is 0 Å². The van der Waals surface area contributed by atoms with Gasteiger partial charge in [0.2, 0.25) is 17.7 Å². The summed E-state index contributed by atoms with van der Waals surface area (Å²) >= 11 is 0. The summed E-state index contributed by atoms with van der Waals surface area (Å²) in [7, 11) is 0. The lowest BCUT2D eigenvalue weighted by atomic mass is 9.85. The number of nitrogens with one attached hydrogen (secondary N) is 1. The summed E-state index contributed by atoms with van der Waals surface area (Å²) in [5.74, 6) is -0.203. The summed E-state index contributed by atoms with van der Waals surface area (Å²) in [5, 5.41) is 2.99. The molecule has 0 radical (unpaired) electrons. The van der Waals surface area contributed by atoms with Gasteiger partial charge in [0.15, 0.2) is 0 Å². The summed E-state index contributed by atoms with van der Waals surface area (Å²) in [6.07, 6.45) is 9.26. The molecule has 5 heteroatoms. The first kappa shape index (κ1) is 17.2. The van der Waals surface area contributed by atoms with Crippen LogP contribution in [0.2, 0.25) is 0 Å². The minimum Gasteiger partial charge on any atom is -0.354 e. The van der Waals surface area contributed by atoms with Gasteiger partial charge in [0.05, 0.1) is 11.8 Å². The fourth-order valence-electron chi connectivity index (χ4n) is 3.97. The Morgan fingerprint density at radius 2 is 1.75 bits per heavy atom. The highest BCUT2D eigenvalue weighted by atomic mass is 16.2. The van der Waals surface area contributed by atoms with E-state index in [9.17, 15) is 14.4 Å². The average Bonchev–Trinajstić information content (AvgIpc) is 2.75. The Kier molecular flexibility index (Phi) is 5.07. The molecule has 1 N–H and O–H groups in total. The number of rotatable bonds is 6. The van der Waals surface area contributed by atoms with Gasteiger partial charge in [-0.05, 0) is 43.9 Å². The molecule has 1 aliphatic heterocycles. The molecule has 0 aromatic rings. The Balaban J connectivity index is 1.73. The molecule has 1 saturated heterocycles. The molecule has 1 heterocycles. The van der Waals surface area contributed by atoms with Crippen molar-refractivity contribution in [3.8, 4) is 0 Å². The number of imide groups is 1. The van der Waals surface area contributed by atoms with Gasteiger partial charge in [0.1, 0.15) is 6.04 Å². The molecule has 2 aliphatic carbocycles. The van der Waals surface area contributed by atoms with Crippen molar-refractivity contribution in [1.82, 2.24) is 10.2 Å². The molecule has 0 unspecified atom stereocenters. The van der Waals surface area contributed by atoms with Crippen molar-refractivity contribution in [1.29, 1.82) is 0 Å². The Morgan fingerprint density at radius 3 is 2.21 bits per heavy atom. The van der Waals surface area contributed by atoms with E-state index in [1.807, 2.05) is 26.0 Å². The van der Waals surface area contributed by atoms with E-state index in [1.165, 1.54) is 11.3 Å². The molecule has 24 heavy (non-hydrogen) atoms. The van der Waals surface area contributed by atoms with Gasteiger partial charge in [-0.15, -0.1) is 0 Å². The van der Waals surface area contributed by atoms with Gasteiger partial charge >= 0.3 is 0 Å². The second-order valence-corrected chi connectivity index (χ2v) is 7.89. The fraction of sp³-hybridized carbons (Fsp3) is 0.737. The van der Waals surface area contributed by atoms with Gasteiger partial charge in [-0.2, -0.15) is 0 Å². The smallest absolute Gasteiger partial charge is 0.243 e. The molecule has 3 rings (SSSR count). The van der Waals surface area contributed by atoms with Crippen molar-refractivity contribution in [2.24, 2.45) is 23.7 Å². The SMILES string of the molecule is CC(C)C[C@@H](C(=O)NCC1CCC1)N1C(=O)[C@H]2CC=CC[C@H]2C1=O. The topological polar surface area (TPSA) is 66.5 Å². The summed E-state index contributed by atoms with van der Waals surface area (Å²) in [5.41, 5.74) is 0. The number of nitrogens with zero attached hydrogens (tertiary/aromatic N) is 1. The number of likely N-dealkylation sites (tertiary alicyclic amines) is 1. The molecule has 0 aromatic heterocycles. The third-order valence-corrected chi connectivity index (χ3v) is 5.64. The second kappa shape index (κ2) is 7.08. The van der Waals surface area contributed by atoms with Crippen molar-refractivity contribution in [2.75, 3.05) is 6.54 Å². The van der Waals surface area contributed by atoms with E-state index in [0.717, 1.165) is 12.8 Å². The predicted molar refractivity (Wildman–Crippen MR) is 90.8 cm³/mol. The van der Waals surface area contributed by atoms with E-state index < -0.39 is 6.04 Å². The van der Waals surface area contributed by atoms with Crippen LogP contribution in [0.25, 0.3) is 0 Å². The molecule has 1 saturated carbocycles. The van der Waals surface area contributed by atoms with E-state index in [0.29, 0.717) is 31.7 Å². The van der Waals surface area contributed by atoms with Crippen LogP contribution in [0.4, 0.5) is 0 Å². The Morgan fingerprint density at radius 1 is 1.17 bits per heavy atom. The zero-order valence-corrected chi connectivity index (χ0v) is 14.7. The number of allylic oxidation sites excluding steroid dienone is 2. The maximum Gasteiger partial charge on any atom is 0.243 e. The molecule has 3 amide bonds. The Hall–Kier alpha value is -1.65. The molecule has 3 aliphatic rings. The van der Waals surface area contributed by atoms with Crippen molar-refractivity contribution < 1.29 is 14.4 Å². The molecule has 0 aromatic carbocycles. The molecule has 0 bridgehead atoms. The predicted octanol–water partition coefficient (Wildman–Crippen LogP) is 2.27. The third-order valence-electron chi connectivity index (χ3n) is 5.64. The lowest BCUT2D eigenvalue weighted by Gasteiger charge is -2.30. The number of hydrogen-bond donors (Lipinski definition) is 1. The molecule has 3 atom stereocenters. The zero-order chi connectivity index (χ0) is 17.3. The van der Waals surface area contributed by atoms with Gasteiger partial charge in [-0.25, -0.2) is 0 Å². The average molecular weight is 332 g/mol. The fourth-order valence-corrected chi connectivity index (χ4v) is 3.97. The van der Waals surface area contributed by atoms with Crippen LogP contribution >= 0.6 is 0 Å². The molecular weight excluding hydrogens is 304 g/mol. The van der Waals surface area contributed by atoms with Crippen molar-refractivity contribution in [3.05, 3.63) is 12.2 Å². The maximum atomic E-state index is 12.8. The summed E-state index contributed by atoms with van der Waals surface area (Å²) < 4.78 is 0. The first-order valence-corrected chi connectivity index (χ1v) is 9.28. The Labute approximate surface area is 143 Å². The lowest BCUT2D eigenvalue weighted by molar-refractivity contribution is -0.148. The highest BCUT2D eigenvalue weighted by Crippen LogP contribution is 2.37. The van der Waals surface area contributed by atoms with Crippen molar-refractivity contribution in [3.63, 3.8) is 0 Å². The minimum absolute atomic E-state index is 0.154. The molecule has 132 valence electrons. The highest BCUT2D eigenvalue weighted by molar-refractivity contribution is 6.08. The van der Waals surface area contributed by atoms with E-state index >= 15 is 0 Å². The molecule has 5 nitrogen and oxygen atoms in total. The minimum atomic E-state index is -0.657. The van der Waals surface area contributed by atoms with Gasteiger partial charge in [-0.1, -0.05) is 32.4 Å². The van der Waals surface area contributed by atoms with Crippen LogP contribution in [0.1, 0.15) is 52.4 Å². The monoisotopic (exact) mass is 332 g/mol. The number of carbonyl (C=O) groups is 3. The largest absolute Gasteiger partial charge is 0.354 e. The van der Waals surface area contributed by atoms with E-state index in [2.05, 4.69) is 5.32 Å². The molecule has 2 fully saturated rings. The highest BCUT2D eigenvalue weighted by Gasteiger charge is 2.51. The number of hydrogen-bond acceptors (Lipinski definition) is 3. The van der Waals surface area contributed by atoms with Gasteiger partial charge in [0, 0.05) is 6.54 Å². The standard InChI is InChI=1S/C19H28N2O3/c1-12(2)10-16(17(22)20-11-13-6-5-7-13)21-18(23)14-8-3-4-9-15(14)19(21)24/h3-4,12-16H,5-11H2,1-2H3,(H,20,22)/t14-,15+,16-/m0/s1. The first-order valence-electron chi connectivity index (χ1n) is 9.28. The molecule has 0 spiro atoms. The van der Waals surface area contributed by atoms with E-state index in [4.69, 9.17) is 0 Å². The number of amides is 3. The summed E-state index contributed by atoms with van der Waals surface area (Å²) in [4.78, 5) is 39.6. The third kappa shape index (κ3) is 3.26. The zero-order valence-electron chi connectivity index (χ0n) is 14.7. The first-order chi connectivity index (χ1) is 11.5. The van der Waals surface area contributed by atoms with Crippen LogP contribution in [0.15, 0.2) is 12.2 Å². The van der Waals surface area contributed by atoms with Crippen LogP contribution in [-0.2, 0) is 14.4 Å².